The number of para-hydroxylation sites is 1. The summed E-state index contributed by atoms with van der Waals surface area (Å²) in [4.78, 5) is 28.8. The monoisotopic (exact) mass is 488 g/mol. The van der Waals surface area contributed by atoms with Gasteiger partial charge in [0.05, 0.1) is 23.3 Å². The highest BCUT2D eigenvalue weighted by Gasteiger charge is 2.25. The van der Waals surface area contributed by atoms with Gasteiger partial charge in [0.1, 0.15) is 6.61 Å². The molecule has 1 saturated heterocycles. The first kappa shape index (κ1) is 24.1. The number of amides is 1. The number of carboxylic acid groups (broad SMARTS) is 1. The largest absolute Gasteiger partial charge is 0.493 e. The quantitative estimate of drug-likeness (QED) is 0.428. The van der Waals surface area contributed by atoms with Gasteiger partial charge in [-0.25, -0.2) is 9.79 Å². The van der Waals surface area contributed by atoms with E-state index in [1.54, 1.807) is 31.4 Å². The molecule has 2 N–H and O–H groups in total. The molecule has 0 aliphatic carbocycles. The summed E-state index contributed by atoms with van der Waals surface area (Å²) in [6, 6.07) is 17.9. The number of nitrogens with zero attached hydrogens (tertiary/aromatic N) is 1. The summed E-state index contributed by atoms with van der Waals surface area (Å²) in [5.41, 5.74) is 4.67. The van der Waals surface area contributed by atoms with Crippen LogP contribution in [0.25, 0.3) is 6.08 Å². The molecule has 0 aromatic heterocycles. The lowest BCUT2D eigenvalue weighted by molar-refractivity contribution is -0.115. The van der Waals surface area contributed by atoms with Crippen molar-refractivity contribution in [3.63, 3.8) is 0 Å². The van der Waals surface area contributed by atoms with Crippen molar-refractivity contribution in [2.45, 2.75) is 20.5 Å². The van der Waals surface area contributed by atoms with E-state index in [0.717, 1.165) is 22.4 Å². The zero-order valence-corrected chi connectivity index (χ0v) is 20.3. The molecule has 3 aromatic carbocycles. The first-order chi connectivity index (χ1) is 16.8. The minimum atomic E-state index is -0.983. The summed E-state index contributed by atoms with van der Waals surface area (Å²) in [5.74, 6) is -0.215. The van der Waals surface area contributed by atoms with Crippen molar-refractivity contribution in [3.05, 3.63) is 93.4 Å². The van der Waals surface area contributed by atoms with Crippen LogP contribution in [0.3, 0.4) is 0 Å². The molecule has 0 atom stereocenters. The Morgan fingerprint density at radius 3 is 2.57 bits per heavy atom. The van der Waals surface area contributed by atoms with Crippen LogP contribution in [-0.2, 0) is 11.4 Å². The minimum absolute atomic E-state index is 0.204. The smallest absolute Gasteiger partial charge is 0.335 e. The van der Waals surface area contributed by atoms with Gasteiger partial charge in [0, 0.05) is 5.56 Å². The number of hydrogen-bond donors (Lipinski definition) is 2. The number of thioether (sulfide) groups is 1. The summed E-state index contributed by atoms with van der Waals surface area (Å²) >= 11 is 1.26. The van der Waals surface area contributed by atoms with Crippen molar-refractivity contribution < 1.29 is 24.2 Å². The second kappa shape index (κ2) is 10.5. The zero-order valence-electron chi connectivity index (χ0n) is 19.5. The molecule has 1 aliphatic heterocycles. The molecule has 1 aliphatic rings. The third-order valence-corrected chi connectivity index (χ3v) is 6.23. The standard InChI is InChI=1S/C27H24N2O5S/c1-16-7-12-21(17(2)13-16)28-27-29-25(30)23(35-27)14-20-5-4-6-22(33-3)24(20)34-15-18-8-10-19(11-9-18)26(31)32/h4-14H,15H2,1-3H3,(H,31,32)(H,28,29,30)/b23-14-. The van der Waals surface area contributed by atoms with Gasteiger partial charge >= 0.3 is 5.97 Å². The van der Waals surface area contributed by atoms with Gasteiger partial charge in [-0.15, -0.1) is 0 Å². The maximum Gasteiger partial charge on any atom is 0.335 e. The zero-order chi connectivity index (χ0) is 24.9. The number of aromatic carboxylic acids is 1. The van der Waals surface area contributed by atoms with Gasteiger partial charge in [0.2, 0.25) is 0 Å². The Bertz CT molecular complexity index is 1350. The Labute approximate surface area is 207 Å². The van der Waals surface area contributed by atoms with E-state index in [-0.39, 0.29) is 18.1 Å². The molecular weight excluding hydrogens is 464 g/mol. The molecule has 35 heavy (non-hydrogen) atoms. The third-order valence-electron chi connectivity index (χ3n) is 5.33. The van der Waals surface area contributed by atoms with E-state index in [1.807, 2.05) is 44.2 Å². The molecule has 1 fully saturated rings. The Morgan fingerprint density at radius 1 is 1.11 bits per heavy atom. The van der Waals surface area contributed by atoms with E-state index in [1.165, 1.54) is 23.9 Å². The molecule has 0 radical (unpaired) electrons. The number of carbonyl (C=O) groups is 2. The summed E-state index contributed by atoms with van der Waals surface area (Å²) in [6.07, 6.45) is 1.75. The predicted molar refractivity (Wildman–Crippen MR) is 137 cm³/mol. The number of benzene rings is 3. The molecule has 1 amide bonds. The Hall–Kier alpha value is -4.04. The molecule has 0 spiro atoms. The average molecular weight is 489 g/mol. The number of amidine groups is 1. The van der Waals surface area contributed by atoms with Crippen molar-refractivity contribution in [1.29, 1.82) is 0 Å². The number of rotatable bonds is 7. The van der Waals surface area contributed by atoms with Gasteiger partial charge in [-0.2, -0.15) is 0 Å². The first-order valence-electron chi connectivity index (χ1n) is 10.8. The molecule has 3 aromatic rings. The van der Waals surface area contributed by atoms with Crippen molar-refractivity contribution in [1.82, 2.24) is 5.32 Å². The lowest BCUT2D eigenvalue weighted by Gasteiger charge is -2.14. The normalized spacial score (nSPS) is 15.3. The van der Waals surface area contributed by atoms with E-state index in [4.69, 9.17) is 14.6 Å². The van der Waals surface area contributed by atoms with Gasteiger partial charge in [-0.1, -0.05) is 42.0 Å². The number of carboxylic acids is 1. The molecule has 0 unspecified atom stereocenters. The molecule has 7 nitrogen and oxygen atoms in total. The van der Waals surface area contributed by atoms with Gasteiger partial charge < -0.3 is 19.9 Å². The lowest BCUT2D eigenvalue weighted by atomic mass is 10.1. The molecule has 8 heteroatoms. The van der Waals surface area contributed by atoms with E-state index in [0.29, 0.717) is 27.1 Å². The van der Waals surface area contributed by atoms with Crippen LogP contribution < -0.4 is 14.8 Å². The van der Waals surface area contributed by atoms with Crippen LogP contribution in [-0.4, -0.2) is 29.3 Å². The van der Waals surface area contributed by atoms with E-state index in [2.05, 4.69) is 10.3 Å². The van der Waals surface area contributed by atoms with Crippen LogP contribution in [0.15, 0.2) is 70.6 Å². The van der Waals surface area contributed by atoms with Crippen LogP contribution in [0.4, 0.5) is 5.69 Å². The molecular formula is C27H24N2O5S. The molecule has 4 rings (SSSR count). The van der Waals surface area contributed by atoms with E-state index >= 15 is 0 Å². The summed E-state index contributed by atoms with van der Waals surface area (Å²) in [7, 11) is 1.55. The second-order valence-electron chi connectivity index (χ2n) is 7.94. The SMILES string of the molecule is COc1cccc(/C=C2\SC(=Nc3ccc(C)cc3C)NC2=O)c1OCc1ccc(C(=O)O)cc1. The second-order valence-corrected chi connectivity index (χ2v) is 8.97. The number of nitrogens with one attached hydrogen (secondary N) is 1. The molecule has 178 valence electrons. The Kier molecular flexibility index (Phi) is 7.22. The van der Waals surface area contributed by atoms with Crippen LogP contribution in [0, 0.1) is 13.8 Å². The van der Waals surface area contributed by atoms with Crippen LogP contribution >= 0.6 is 11.8 Å². The number of hydrogen-bond acceptors (Lipinski definition) is 6. The van der Waals surface area contributed by atoms with Crippen molar-refractivity contribution >= 4 is 40.6 Å². The topological polar surface area (TPSA) is 97.2 Å². The van der Waals surface area contributed by atoms with Crippen LogP contribution in [0.1, 0.15) is 32.6 Å². The highest BCUT2D eigenvalue weighted by atomic mass is 32.2. The van der Waals surface area contributed by atoms with E-state index in [9.17, 15) is 9.59 Å². The number of aryl methyl sites for hydroxylation is 2. The fraction of sp³-hybridized carbons (Fsp3) is 0.148. The number of methoxy groups -OCH3 is 1. The molecule has 1 heterocycles. The number of carbonyl (C=O) groups excluding carboxylic acids is 1. The highest BCUT2D eigenvalue weighted by molar-refractivity contribution is 8.18. The van der Waals surface area contributed by atoms with Crippen molar-refractivity contribution in [2.24, 2.45) is 4.99 Å². The van der Waals surface area contributed by atoms with Crippen LogP contribution in [0.5, 0.6) is 11.5 Å². The van der Waals surface area contributed by atoms with Crippen molar-refractivity contribution in [3.8, 4) is 11.5 Å². The summed E-state index contributed by atoms with van der Waals surface area (Å²) in [6.45, 7) is 4.21. The fourth-order valence-corrected chi connectivity index (χ4v) is 4.35. The minimum Gasteiger partial charge on any atom is -0.493 e. The van der Waals surface area contributed by atoms with E-state index < -0.39 is 5.97 Å². The highest BCUT2D eigenvalue weighted by Crippen LogP contribution is 2.36. The molecule has 0 bridgehead atoms. The summed E-state index contributed by atoms with van der Waals surface area (Å²) in [5, 5.41) is 12.4. The molecule has 0 saturated carbocycles. The maximum atomic E-state index is 12.6. The Balaban J connectivity index is 1.57. The summed E-state index contributed by atoms with van der Waals surface area (Å²) < 4.78 is 11.5. The van der Waals surface area contributed by atoms with Gasteiger partial charge in [0.25, 0.3) is 5.91 Å². The van der Waals surface area contributed by atoms with Crippen LogP contribution in [0.2, 0.25) is 0 Å². The average Bonchev–Trinajstić information content (AvgIpc) is 3.18. The lowest BCUT2D eigenvalue weighted by Crippen LogP contribution is -2.19. The van der Waals surface area contributed by atoms with Gasteiger partial charge in [-0.05, 0) is 67.1 Å². The Morgan fingerprint density at radius 2 is 1.89 bits per heavy atom. The third kappa shape index (κ3) is 5.73. The first-order valence-corrected chi connectivity index (χ1v) is 11.6. The maximum absolute atomic E-state index is 12.6. The fourth-order valence-electron chi connectivity index (χ4n) is 3.52. The van der Waals surface area contributed by atoms with Gasteiger partial charge in [-0.3, -0.25) is 4.79 Å². The number of aliphatic imine (C=N–C) groups is 1. The van der Waals surface area contributed by atoms with Gasteiger partial charge in [0.15, 0.2) is 16.7 Å². The predicted octanol–water partition coefficient (Wildman–Crippen LogP) is 5.48. The number of ether oxygens (including phenoxy) is 2. The van der Waals surface area contributed by atoms with Crippen molar-refractivity contribution in [2.75, 3.05) is 7.11 Å².